The van der Waals surface area contributed by atoms with Gasteiger partial charge in [0.05, 0.1) is 0 Å². The predicted molar refractivity (Wildman–Crippen MR) is 82.3 cm³/mol. The maximum absolute atomic E-state index is 6.11. The highest BCUT2D eigenvalue weighted by Crippen LogP contribution is 2.33. The minimum absolute atomic E-state index is 0.233. The molecule has 1 aromatic rings. The lowest BCUT2D eigenvalue weighted by Gasteiger charge is -2.44. The Hall–Kier alpha value is -0.860. The Morgan fingerprint density at radius 2 is 1.79 bits per heavy atom. The van der Waals surface area contributed by atoms with Crippen molar-refractivity contribution in [2.24, 2.45) is 5.73 Å². The molecule has 1 aliphatic carbocycles. The van der Waals surface area contributed by atoms with E-state index in [4.69, 9.17) is 5.73 Å². The minimum atomic E-state index is 0.233. The van der Waals surface area contributed by atoms with Crippen molar-refractivity contribution in [1.82, 2.24) is 4.90 Å². The van der Waals surface area contributed by atoms with Crippen molar-refractivity contribution in [3.63, 3.8) is 0 Å². The summed E-state index contributed by atoms with van der Waals surface area (Å²) in [5, 5.41) is 0. The van der Waals surface area contributed by atoms with Gasteiger partial charge in [0, 0.05) is 18.6 Å². The van der Waals surface area contributed by atoms with Crippen LogP contribution in [-0.2, 0) is 6.54 Å². The number of aryl methyl sites for hydroxylation is 2. The summed E-state index contributed by atoms with van der Waals surface area (Å²) in [5.41, 5.74) is 10.5. The van der Waals surface area contributed by atoms with Crippen molar-refractivity contribution in [3.8, 4) is 0 Å². The smallest absolute Gasteiger partial charge is 0.0332 e. The molecule has 1 saturated carbocycles. The standard InChI is InChI=1S/C17H28N2/c1-14-7-8-16(11-15(14)2)12-19(3)17(13-18)9-5-4-6-10-17/h7-8,11H,4-6,9-10,12-13,18H2,1-3H3. The fourth-order valence-electron chi connectivity index (χ4n) is 3.30. The zero-order valence-electron chi connectivity index (χ0n) is 12.7. The van der Waals surface area contributed by atoms with E-state index in [0.717, 1.165) is 13.1 Å². The number of benzene rings is 1. The first-order valence-electron chi connectivity index (χ1n) is 7.55. The lowest BCUT2D eigenvalue weighted by molar-refractivity contribution is 0.0758. The van der Waals surface area contributed by atoms with E-state index >= 15 is 0 Å². The second-order valence-corrected chi connectivity index (χ2v) is 6.26. The molecule has 0 radical (unpaired) electrons. The Labute approximate surface area is 118 Å². The molecule has 0 spiro atoms. The largest absolute Gasteiger partial charge is 0.329 e. The summed E-state index contributed by atoms with van der Waals surface area (Å²) in [6, 6.07) is 6.80. The minimum Gasteiger partial charge on any atom is -0.329 e. The van der Waals surface area contributed by atoms with E-state index in [0.29, 0.717) is 0 Å². The average Bonchev–Trinajstić information content (AvgIpc) is 2.43. The maximum atomic E-state index is 6.11. The van der Waals surface area contributed by atoms with Crippen molar-refractivity contribution in [2.45, 2.75) is 58.0 Å². The lowest BCUT2D eigenvalue weighted by atomic mass is 9.80. The van der Waals surface area contributed by atoms with E-state index < -0.39 is 0 Å². The van der Waals surface area contributed by atoms with Gasteiger partial charge in [-0.1, -0.05) is 37.5 Å². The van der Waals surface area contributed by atoms with E-state index in [1.54, 1.807) is 0 Å². The Morgan fingerprint density at radius 1 is 1.11 bits per heavy atom. The van der Waals surface area contributed by atoms with E-state index in [1.165, 1.54) is 48.8 Å². The number of hydrogen-bond acceptors (Lipinski definition) is 2. The summed E-state index contributed by atoms with van der Waals surface area (Å²) in [7, 11) is 2.24. The molecule has 2 rings (SSSR count). The molecule has 0 heterocycles. The molecule has 0 aromatic heterocycles. The highest BCUT2D eigenvalue weighted by atomic mass is 15.2. The summed E-state index contributed by atoms with van der Waals surface area (Å²) < 4.78 is 0. The lowest BCUT2D eigenvalue weighted by Crippen LogP contribution is -2.52. The summed E-state index contributed by atoms with van der Waals surface area (Å²) in [4.78, 5) is 2.50. The first-order chi connectivity index (χ1) is 9.07. The van der Waals surface area contributed by atoms with Crippen LogP contribution < -0.4 is 5.73 Å². The molecule has 2 nitrogen and oxygen atoms in total. The van der Waals surface area contributed by atoms with Gasteiger partial charge in [-0.05, 0) is 50.4 Å². The van der Waals surface area contributed by atoms with Crippen LogP contribution >= 0.6 is 0 Å². The first-order valence-corrected chi connectivity index (χ1v) is 7.55. The molecule has 0 unspecified atom stereocenters. The van der Waals surface area contributed by atoms with Crippen molar-refractivity contribution < 1.29 is 0 Å². The van der Waals surface area contributed by atoms with Crippen LogP contribution in [0.5, 0.6) is 0 Å². The third-order valence-electron chi connectivity index (χ3n) is 4.97. The molecule has 1 aliphatic rings. The van der Waals surface area contributed by atoms with Crippen LogP contribution in [-0.4, -0.2) is 24.0 Å². The van der Waals surface area contributed by atoms with Gasteiger partial charge < -0.3 is 5.73 Å². The van der Waals surface area contributed by atoms with Gasteiger partial charge in [-0.3, -0.25) is 4.90 Å². The summed E-state index contributed by atoms with van der Waals surface area (Å²) >= 11 is 0. The Bertz CT molecular complexity index is 419. The maximum Gasteiger partial charge on any atom is 0.0332 e. The zero-order chi connectivity index (χ0) is 13.9. The Morgan fingerprint density at radius 3 is 2.37 bits per heavy atom. The van der Waals surface area contributed by atoms with Crippen LogP contribution in [0.3, 0.4) is 0 Å². The van der Waals surface area contributed by atoms with Gasteiger partial charge in [0.15, 0.2) is 0 Å². The van der Waals surface area contributed by atoms with E-state index in [-0.39, 0.29) is 5.54 Å². The van der Waals surface area contributed by atoms with Crippen LogP contribution in [0.15, 0.2) is 18.2 Å². The number of likely N-dealkylation sites (N-methyl/N-ethyl adjacent to an activating group) is 1. The summed E-state index contributed by atoms with van der Waals surface area (Å²) in [6.45, 7) is 6.16. The fraction of sp³-hybridized carbons (Fsp3) is 0.647. The molecule has 106 valence electrons. The molecule has 2 N–H and O–H groups in total. The van der Waals surface area contributed by atoms with E-state index in [1.807, 2.05) is 0 Å². The van der Waals surface area contributed by atoms with E-state index in [9.17, 15) is 0 Å². The fourth-order valence-corrected chi connectivity index (χ4v) is 3.30. The van der Waals surface area contributed by atoms with Crippen LogP contribution in [0.4, 0.5) is 0 Å². The monoisotopic (exact) mass is 260 g/mol. The molecule has 0 atom stereocenters. The third kappa shape index (κ3) is 3.18. The molecular formula is C17H28N2. The topological polar surface area (TPSA) is 29.3 Å². The Kier molecular flexibility index (Phi) is 4.64. The van der Waals surface area contributed by atoms with Gasteiger partial charge in [-0.25, -0.2) is 0 Å². The normalized spacial score (nSPS) is 18.8. The van der Waals surface area contributed by atoms with Gasteiger partial charge in [0.2, 0.25) is 0 Å². The second kappa shape index (κ2) is 6.06. The van der Waals surface area contributed by atoms with Crippen molar-refractivity contribution in [3.05, 3.63) is 34.9 Å². The molecule has 0 aliphatic heterocycles. The van der Waals surface area contributed by atoms with Crippen LogP contribution in [0, 0.1) is 13.8 Å². The summed E-state index contributed by atoms with van der Waals surface area (Å²) in [6.07, 6.45) is 6.54. The van der Waals surface area contributed by atoms with Gasteiger partial charge >= 0.3 is 0 Å². The van der Waals surface area contributed by atoms with Crippen LogP contribution in [0.25, 0.3) is 0 Å². The average molecular weight is 260 g/mol. The highest BCUT2D eigenvalue weighted by Gasteiger charge is 2.34. The molecule has 0 amide bonds. The van der Waals surface area contributed by atoms with Crippen molar-refractivity contribution in [1.29, 1.82) is 0 Å². The first kappa shape index (κ1) is 14.5. The quantitative estimate of drug-likeness (QED) is 0.899. The van der Waals surface area contributed by atoms with Crippen molar-refractivity contribution in [2.75, 3.05) is 13.6 Å². The van der Waals surface area contributed by atoms with Crippen LogP contribution in [0.2, 0.25) is 0 Å². The molecule has 2 heteroatoms. The zero-order valence-corrected chi connectivity index (χ0v) is 12.7. The number of hydrogen-bond donors (Lipinski definition) is 1. The third-order valence-corrected chi connectivity index (χ3v) is 4.97. The molecule has 0 bridgehead atoms. The molecule has 1 fully saturated rings. The highest BCUT2D eigenvalue weighted by molar-refractivity contribution is 5.30. The van der Waals surface area contributed by atoms with Gasteiger partial charge in [0.1, 0.15) is 0 Å². The van der Waals surface area contributed by atoms with Crippen LogP contribution in [0.1, 0.15) is 48.8 Å². The van der Waals surface area contributed by atoms with Gasteiger partial charge in [-0.2, -0.15) is 0 Å². The van der Waals surface area contributed by atoms with Crippen molar-refractivity contribution >= 4 is 0 Å². The number of nitrogens with zero attached hydrogens (tertiary/aromatic N) is 1. The SMILES string of the molecule is Cc1ccc(CN(C)C2(CN)CCCCC2)cc1C. The van der Waals surface area contributed by atoms with E-state index in [2.05, 4.69) is 44.0 Å². The number of nitrogens with two attached hydrogens (primary N) is 1. The molecular weight excluding hydrogens is 232 g/mol. The number of rotatable bonds is 4. The molecule has 0 saturated heterocycles. The summed E-state index contributed by atoms with van der Waals surface area (Å²) in [5.74, 6) is 0. The van der Waals surface area contributed by atoms with Gasteiger partial charge in [0.25, 0.3) is 0 Å². The second-order valence-electron chi connectivity index (χ2n) is 6.26. The van der Waals surface area contributed by atoms with Gasteiger partial charge in [-0.15, -0.1) is 0 Å². The Balaban J connectivity index is 2.10. The molecule has 19 heavy (non-hydrogen) atoms. The molecule has 1 aromatic carbocycles. The predicted octanol–water partition coefficient (Wildman–Crippen LogP) is 3.40.